The molecule has 0 saturated heterocycles. The lowest BCUT2D eigenvalue weighted by Gasteiger charge is -2.28. The Balaban J connectivity index is 4.50. The molecule has 1 amide bonds. The number of aliphatic hydroxyl groups is 1. The van der Waals surface area contributed by atoms with Crippen molar-refractivity contribution in [3.8, 4) is 0 Å². The van der Waals surface area contributed by atoms with Gasteiger partial charge in [0.25, 0.3) is 0 Å². The van der Waals surface area contributed by atoms with E-state index in [9.17, 15) is 14.7 Å². The van der Waals surface area contributed by atoms with Crippen LogP contribution in [0.4, 0.5) is 0 Å². The Kier molecular flexibility index (Phi) is 4.93. The van der Waals surface area contributed by atoms with Gasteiger partial charge in [-0.05, 0) is 13.8 Å². The third kappa shape index (κ3) is 4.61. The second-order valence-corrected chi connectivity index (χ2v) is 4.92. The normalized spacial score (nSPS) is 15.4. The van der Waals surface area contributed by atoms with Crippen LogP contribution in [-0.2, 0) is 9.59 Å². The number of carboxylic acid groups (broad SMARTS) is 1. The molecule has 0 aromatic heterocycles. The molecule has 0 aliphatic carbocycles. The first-order valence-corrected chi connectivity index (χ1v) is 5.26. The van der Waals surface area contributed by atoms with Gasteiger partial charge in [-0.2, -0.15) is 0 Å². The Hall–Kier alpha value is -1.10. The molecule has 0 bridgehead atoms. The SMILES string of the molecule is CC(C(=O)O)C(C)C(=O)N(C)CC(C)(C)O. The van der Waals surface area contributed by atoms with Crippen molar-refractivity contribution in [1.29, 1.82) is 0 Å². The maximum atomic E-state index is 11.8. The number of rotatable bonds is 5. The van der Waals surface area contributed by atoms with Crippen LogP contribution in [0, 0.1) is 11.8 Å². The van der Waals surface area contributed by atoms with Crippen LogP contribution in [0.1, 0.15) is 27.7 Å². The van der Waals surface area contributed by atoms with Crippen molar-refractivity contribution in [2.24, 2.45) is 11.8 Å². The summed E-state index contributed by atoms with van der Waals surface area (Å²) < 4.78 is 0. The van der Waals surface area contributed by atoms with E-state index >= 15 is 0 Å². The van der Waals surface area contributed by atoms with Crippen molar-refractivity contribution in [1.82, 2.24) is 4.90 Å². The second kappa shape index (κ2) is 5.30. The van der Waals surface area contributed by atoms with Crippen LogP contribution in [0.5, 0.6) is 0 Å². The number of nitrogens with zero attached hydrogens (tertiary/aromatic N) is 1. The summed E-state index contributed by atoms with van der Waals surface area (Å²) in [5.41, 5.74) is -0.976. The van der Waals surface area contributed by atoms with Gasteiger partial charge >= 0.3 is 5.97 Å². The fourth-order valence-electron chi connectivity index (χ4n) is 1.43. The number of hydrogen-bond acceptors (Lipinski definition) is 3. The largest absolute Gasteiger partial charge is 0.481 e. The fraction of sp³-hybridized carbons (Fsp3) is 0.818. The van der Waals surface area contributed by atoms with Crippen molar-refractivity contribution >= 4 is 11.9 Å². The minimum atomic E-state index is -0.988. The molecule has 0 aromatic carbocycles. The smallest absolute Gasteiger partial charge is 0.307 e. The minimum Gasteiger partial charge on any atom is -0.481 e. The molecule has 0 saturated carbocycles. The van der Waals surface area contributed by atoms with E-state index in [1.54, 1.807) is 27.8 Å². The molecular weight excluding hydrogens is 210 g/mol. The van der Waals surface area contributed by atoms with E-state index in [4.69, 9.17) is 5.11 Å². The number of hydrogen-bond donors (Lipinski definition) is 2. The Labute approximate surface area is 96.1 Å². The van der Waals surface area contributed by atoms with Gasteiger partial charge in [-0.25, -0.2) is 0 Å². The lowest BCUT2D eigenvalue weighted by molar-refractivity contribution is -0.149. The Bertz CT molecular complexity index is 270. The Morgan fingerprint density at radius 1 is 1.25 bits per heavy atom. The zero-order chi connectivity index (χ0) is 13.1. The molecule has 16 heavy (non-hydrogen) atoms. The molecule has 2 atom stereocenters. The zero-order valence-electron chi connectivity index (χ0n) is 10.5. The average molecular weight is 231 g/mol. The highest BCUT2D eigenvalue weighted by atomic mass is 16.4. The van der Waals surface area contributed by atoms with Crippen LogP contribution in [0.25, 0.3) is 0 Å². The van der Waals surface area contributed by atoms with Crippen LogP contribution in [-0.4, -0.2) is 46.2 Å². The first-order valence-electron chi connectivity index (χ1n) is 5.26. The topological polar surface area (TPSA) is 77.8 Å². The number of likely N-dealkylation sites (N-methyl/N-ethyl adjacent to an activating group) is 1. The Morgan fingerprint density at radius 2 is 1.69 bits per heavy atom. The summed E-state index contributed by atoms with van der Waals surface area (Å²) in [5, 5.41) is 18.4. The van der Waals surface area contributed by atoms with Crippen molar-refractivity contribution in [2.75, 3.05) is 13.6 Å². The number of amides is 1. The molecular formula is C11H21NO4. The summed E-state index contributed by atoms with van der Waals surface area (Å²) in [6.45, 7) is 6.47. The molecule has 2 N–H and O–H groups in total. The van der Waals surface area contributed by atoms with E-state index in [0.717, 1.165) is 0 Å². The predicted molar refractivity (Wildman–Crippen MR) is 59.9 cm³/mol. The molecule has 5 heteroatoms. The lowest BCUT2D eigenvalue weighted by atomic mass is 9.94. The minimum absolute atomic E-state index is 0.183. The lowest BCUT2D eigenvalue weighted by Crippen LogP contribution is -2.43. The van der Waals surface area contributed by atoms with Gasteiger partial charge < -0.3 is 15.1 Å². The van der Waals surface area contributed by atoms with Gasteiger partial charge in [0.2, 0.25) is 5.91 Å². The summed E-state index contributed by atoms with van der Waals surface area (Å²) in [4.78, 5) is 23.9. The summed E-state index contributed by atoms with van der Waals surface area (Å²) in [6.07, 6.45) is 0. The van der Waals surface area contributed by atoms with Crippen LogP contribution < -0.4 is 0 Å². The van der Waals surface area contributed by atoms with Crippen LogP contribution >= 0.6 is 0 Å². The van der Waals surface area contributed by atoms with Gasteiger partial charge in [0, 0.05) is 19.5 Å². The van der Waals surface area contributed by atoms with E-state index in [0.29, 0.717) is 0 Å². The first-order chi connectivity index (χ1) is 7.06. The number of carbonyl (C=O) groups excluding carboxylic acids is 1. The molecule has 0 heterocycles. The Morgan fingerprint density at radius 3 is 2.00 bits per heavy atom. The summed E-state index contributed by atoms with van der Waals surface area (Å²) in [5.74, 6) is -2.57. The molecule has 2 unspecified atom stereocenters. The summed E-state index contributed by atoms with van der Waals surface area (Å²) in [7, 11) is 1.56. The molecule has 0 spiro atoms. The van der Waals surface area contributed by atoms with Gasteiger partial charge in [-0.3, -0.25) is 9.59 Å². The standard InChI is InChI=1S/C11H21NO4/c1-7(8(2)10(14)15)9(13)12(5)6-11(3,4)16/h7-8,16H,6H2,1-5H3,(H,14,15). The number of carbonyl (C=O) groups is 2. The van der Waals surface area contributed by atoms with Crippen LogP contribution in [0.15, 0.2) is 0 Å². The quantitative estimate of drug-likeness (QED) is 0.725. The van der Waals surface area contributed by atoms with E-state index in [2.05, 4.69) is 0 Å². The molecule has 0 fully saturated rings. The van der Waals surface area contributed by atoms with Crippen molar-refractivity contribution in [3.05, 3.63) is 0 Å². The maximum absolute atomic E-state index is 11.8. The highest BCUT2D eigenvalue weighted by Crippen LogP contribution is 2.15. The first kappa shape index (κ1) is 14.9. The highest BCUT2D eigenvalue weighted by molar-refractivity contribution is 5.84. The molecule has 0 radical (unpaired) electrons. The third-order valence-electron chi connectivity index (χ3n) is 2.53. The zero-order valence-corrected chi connectivity index (χ0v) is 10.5. The van der Waals surface area contributed by atoms with Gasteiger partial charge in [-0.1, -0.05) is 13.8 Å². The van der Waals surface area contributed by atoms with E-state index in [1.165, 1.54) is 11.8 Å². The van der Waals surface area contributed by atoms with Crippen molar-refractivity contribution in [3.63, 3.8) is 0 Å². The molecule has 0 rings (SSSR count). The van der Waals surface area contributed by atoms with Gasteiger partial charge in [0.15, 0.2) is 0 Å². The number of carboxylic acids is 1. The molecule has 0 aromatic rings. The third-order valence-corrected chi connectivity index (χ3v) is 2.53. The number of aliphatic carboxylic acids is 1. The van der Waals surface area contributed by atoms with Crippen LogP contribution in [0.2, 0.25) is 0 Å². The summed E-state index contributed by atoms with van der Waals surface area (Å²) in [6, 6.07) is 0. The van der Waals surface area contributed by atoms with E-state index in [1.807, 2.05) is 0 Å². The highest BCUT2D eigenvalue weighted by Gasteiger charge is 2.29. The molecule has 0 aliphatic rings. The molecule has 5 nitrogen and oxygen atoms in total. The monoisotopic (exact) mass is 231 g/mol. The van der Waals surface area contributed by atoms with Gasteiger partial charge in [0.1, 0.15) is 0 Å². The fourth-order valence-corrected chi connectivity index (χ4v) is 1.43. The second-order valence-electron chi connectivity index (χ2n) is 4.92. The maximum Gasteiger partial charge on any atom is 0.307 e. The van der Waals surface area contributed by atoms with Crippen molar-refractivity contribution in [2.45, 2.75) is 33.3 Å². The predicted octanol–water partition coefficient (Wildman–Crippen LogP) is 0.573. The van der Waals surface area contributed by atoms with Crippen molar-refractivity contribution < 1.29 is 19.8 Å². The van der Waals surface area contributed by atoms with Gasteiger partial charge in [-0.15, -0.1) is 0 Å². The molecule has 94 valence electrons. The summed E-state index contributed by atoms with van der Waals surface area (Å²) >= 11 is 0. The van der Waals surface area contributed by atoms with E-state index < -0.39 is 23.4 Å². The van der Waals surface area contributed by atoms with Gasteiger partial charge in [0.05, 0.1) is 11.5 Å². The van der Waals surface area contributed by atoms with E-state index in [-0.39, 0.29) is 12.5 Å². The van der Waals surface area contributed by atoms with Crippen LogP contribution in [0.3, 0.4) is 0 Å². The average Bonchev–Trinajstić information content (AvgIpc) is 2.11. The molecule has 0 aliphatic heterocycles.